The second-order valence-corrected chi connectivity index (χ2v) is 14.1. The fourth-order valence-electron chi connectivity index (χ4n) is 5.27. The lowest BCUT2D eigenvalue weighted by Gasteiger charge is -2.28. The van der Waals surface area contributed by atoms with Crippen LogP contribution in [-0.4, -0.2) is 80.3 Å². The summed E-state index contributed by atoms with van der Waals surface area (Å²) in [4.78, 5) is 37.5. The number of sulfone groups is 1. The molecule has 0 aliphatic rings. The van der Waals surface area contributed by atoms with Gasteiger partial charge in [-0.05, 0) is 54.5 Å². The largest absolute Gasteiger partial charge is 0.448 e. The summed E-state index contributed by atoms with van der Waals surface area (Å²) in [7, 11) is -3.91. The van der Waals surface area contributed by atoms with Gasteiger partial charge in [0.1, 0.15) is 24.3 Å². The normalized spacial score (nSPS) is 13.4. The molecule has 0 saturated carbocycles. The minimum atomic E-state index is -3.91. The molecule has 11 nitrogen and oxygen atoms in total. The number of alkyl carbamates (subject to hydrolysis) is 1. The van der Waals surface area contributed by atoms with E-state index in [4.69, 9.17) is 4.74 Å². The van der Waals surface area contributed by atoms with Crippen LogP contribution >= 0.6 is 0 Å². The number of ether oxygens (including phenoxy) is 1. The number of hydrogen-bond acceptors (Lipinski definition) is 8. The van der Waals surface area contributed by atoms with Crippen molar-refractivity contribution in [1.29, 1.82) is 0 Å². The van der Waals surface area contributed by atoms with Gasteiger partial charge >= 0.3 is 6.09 Å². The number of aliphatic hydroxyl groups is 1. The number of aliphatic hydroxyl groups excluding tert-OH is 1. The zero-order valence-corrected chi connectivity index (χ0v) is 29.0. The van der Waals surface area contributed by atoms with E-state index in [0.29, 0.717) is 38.3 Å². The molecular weight excluding hydrogens is 646 g/mol. The molecule has 0 unspecified atom stereocenters. The van der Waals surface area contributed by atoms with Gasteiger partial charge in [-0.2, -0.15) is 0 Å². The van der Waals surface area contributed by atoms with Crippen LogP contribution < -0.4 is 21.3 Å². The van der Waals surface area contributed by atoms with Crippen molar-refractivity contribution in [3.8, 4) is 0 Å². The first-order valence-corrected chi connectivity index (χ1v) is 18.1. The van der Waals surface area contributed by atoms with Crippen molar-refractivity contribution in [2.75, 3.05) is 25.4 Å². The fourth-order valence-corrected chi connectivity index (χ4v) is 7.43. The summed E-state index contributed by atoms with van der Waals surface area (Å²) in [6.07, 6.45) is 0.184. The summed E-state index contributed by atoms with van der Waals surface area (Å²) < 4.78 is 60.2. The van der Waals surface area contributed by atoms with Gasteiger partial charge in [0.05, 0.1) is 29.7 Å². The first-order chi connectivity index (χ1) is 22.8. The van der Waals surface area contributed by atoms with Gasteiger partial charge in [0.25, 0.3) is 0 Å². The van der Waals surface area contributed by atoms with E-state index < -0.39 is 62.7 Å². The number of halogens is 2. The zero-order chi connectivity index (χ0) is 35.7. The van der Waals surface area contributed by atoms with Gasteiger partial charge < -0.3 is 31.1 Å². The predicted molar refractivity (Wildman–Crippen MR) is 180 cm³/mol. The highest BCUT2D eigenvalue weighted by Gasteiger charge is 2.34. The van der Waals surface area contributed by atoms with E-state index in [-0.39, 0.29) is 37.6 Å². The molecule has 3 atom stereocenters. The summed E-state index contributed by atoms with van der Waals surface area (Å²) >= 11 is 0. The van der Waals surface area contributed by atoms with E-state index in [2.05, 4.69) is 21.3 Å². The van der Waals surface area contributed by atoms with Crippen LogP contribution in [0.25, 0.3) is 0 Å². The summed E-state index contributed by atoms with van der Waals surface area (Å²) in [5.74, 6) is -3.70. The van der Waals surface area contributed by atoms with Crippen LogP contribution in [0.3, 0.4) is 0 Å². The van der Waals surface area contributed by atoms with Crippen LogP contribution in [-0.2, 0) is 43.5 Å². The first-order valence-electron chi connectivity index (χ1n) is 16.4. The molecule has 2 aromatic rings. The molecule has 5 N–H and O–H groups in total. The lowest BCUT2D eigenvalue weighted by atomic mass is 10.00. The highest BCUT2D eigenvalue weighted by molar-refractivity contribution is 7.92. The highest BCUT2D eigenvalue weighted by Crippen LogP contribution is 2.18. The van der Waals surface area contributed by atoms with Crippen molar-refractivity contribution < 1.29 is 41.4 Å². The molecule has 0 aromatic heterocycles. The molecule has 48 heavy (non-hydrogen) atoms. The van der Waals surface area contributed by atoms with Crippen molar-refractivity contribution in [1.82, 2.24) is 21.3 Å². The molecule has 0 aliphatic heterocycles. The Bertz CT molecular complexity index is 1420. The SMILES string of the molecule is CCCC(CCC)S(=O)(=O)C[C@@H](NC(=O)OCCNC(C)=O)C(=O)N[C@@H](Cc1cc(F)cc(F)c1)[C@H](O)CNCc1cccc(CC)c1. The summed E-state index contributed by atoms with van der Waals surface area (Å²) in [6, 6.07) is 7.94. The quantitative estimate of drug-likeness (QED) is 0.124. The van der Waals surface area contributed by atoms with Gasteiger partial charge in [0.2, 0.25) is 11.8 Å². The van der Waals surface area contributed by atoms with E-state index in [1.807, 2.05) is 45.0 Å². The maximum atomic E-state index is 14.1. The van der Waals surface area contributed by atoms with Crippen molar-refractivity contribution in [2.24, 2.45) is 0 Å². The average molecular weight is 697 g/mol. The number of rotatable bonds is 21. The van der Waals surface area contributed by atoms with Crippen LogP contribution in [0.2, 0.25) is 0 Å². The first kappa shape index (κ1) is 40.6. The molecule has 3 amide bonds. The third kappa shape index (κ3) is 14.7. The van der Waals surface area contributed by atoms with Gasteiger partial charge in [0, 0.05) is 26.1 Å². The second-order valence-electron chi connectivity index (χ2n) is 11.8. The standard InChI is InChI=1S/C34H50F2N4O7S/c1-5-9-29(10-6-2)48(45,46)22-31(40-34(44)47-14-13-38-23(4)41)33(43)39-30(18-26-16-27(35)19-28(36)17-26)32(42)21-37-20-25-12-8-11-24(7-3)15-25/h8,11-12,15-17,19,29-32,37,42H,5-7,9-10,13-14,18,20-22H2,1-4H3,(H,38,41)(H,39,43)(H,40,44)/t30-,31+,32+/m0/s1. The van der Waals surface area contributed by atoms with Gasteiger partial charge in [-0.25, -0.2) is 22.0 Å². The topological polar surface area (TPSA) is 163 Å². The Morgan fingerprint density at radius 3 is 2.17 bits per heavy atom. The predicted octanol–water partition coefficient (Wildman–Crippen LogP) is 3.32. The van der Waals surface area contributed by atoms with Gasteiger partial charge in [-0.1, -0.05) is 57.9 Å². The summed E-state index contributed by atoms with van der Waals surface area (Å²) in [6.45, 7) is 7.15. The summed E-state index contributed by atoms with van der Waals surface area (Å²) in [5.41, 5.74) is 2.25. The van der Waals surface area contributed by atoms with Crippen molar-refractivity contribution in [3.05, 3.63) is 70.8 Å². The average Bonchev–Trinajstić information content (AvgIpc) is 3.01. The third-order valence-electron chi connectivity index (χ3n) is 7.70. The molecule has 0 fully saturated rings. The Morgan fingerprint density at radius 2 is 1.56 bits per heavy atom. The monoisotopic (exact) mass is 696 g/mol. The number of hydrogen-bond donors (Lipinski definition) is 5. The molecule has 0 radical (unpaired) electrons. The Kier molecular flexibility index (Phi) is 17.5. The molecular formula is C34H50F2N4O7S. The Hall–Kier alpha value is -3.62. The van der Waals surface area contributed by atoms with Crippen LogP contribution in [0.1, 0.15) is 70.1 Å². The molecule has 0 spiro atoms. The maximum Gasteiger partial charge on any atom is 0.407 e. The number of amides is 3. The highest BCUT2D eigenvalue weighted by atomic mass is 32.2. The molecule has 0 bridgehead atoms. The minimum Gasteiger partial charge on any atom is -0.448 e. The number of benzene rings is 2. The van der Waals surface area contributed by atoms with Crippen LogP contribution in [0.5, 0.6) is 0 Å². The van der Waals surface area contributed by atoms with E-state index in [0.717, 1.165) is 29.7 Å². The molecule has 14 heteroatoms. The van der Waals surface area contributed by atoms with E-state index in [1.165, 1.54) is 6.92 Å². The lowest BCUT2D eigenvalue weighted by Crippen LogP contribution is -2.57. The molecule has 2 aromatic carbocycles. The molecule has 0 heterocycles. The number of carbonyl (C=O) groups excluding carboxylic acids is 3. The van der Waals surface area contributed by atoms with E-state index >= 15 is 0 Å². The Morgan fingerprint density at radius 1 is 0.917 bits per heavy atom. The lowest BCUT2D eigenvalue weighted by molar-refractivity contribution is -0.124. The minimum absolute atomic E-state index is 0.00118. The smallest absolute Gasteiger partial charge is 0.407 e. The van der Waals surface area contributed by atoms with Crippen LogP contribution in [0, 0.1) is 11.6 Å². The fraction of sp³-hybridized carbons (Fsp3) is 0.559. The zero-order valence-electron chi connectivity index (χ0n) is 28.2. The Labute approximate surface area is 282 Å². The summed E-state index contributed by atoms with van der Waals surface area (Å²) in [5, 5.41) is 21.0. The number of carbonyl (C=O) groups is 3. The third-order valence-corrected chi connectivity index (χ3v) is 9.98. The molecule has 268 valence electrons. The van der Waals surface area contributed by atoms with Crippen LogP contribution in [0.15, 0.2) is 42.5 Å². The molecule has 0 saturated heterocycles. The van der Waals surface area contributed by atoms with Crippen molar-refractivity contribution in [2.45, 2.75) is 96.2 Å². The van der Waals surface area contributed by atoms with E-state index in [1.54, 1.807) is 0 Å². The molecule has 2 rings (SSSR count). The second kappa shape index (κ2) is 20.7. The van der Waals surface area contributed by atoms with Gasteiger partial charge in [-0.3, -0.25) is 9.59 Å². The van der Waals surface area contributed by atoms with Gasteiger partial charge in [0.15, 0.2) is 9.84 Å². The van der Waals surface area contributed by atoms with Gasteiger partial charge in [-0.15, -0.1) is 0 Å². The molecule has 0 aliphatic carbocycles. The van der Waals surface area contributed by atoms with Crippen molar-refractivity contribution >= 4 is 27.7 Å². The number of aryl methyl sites for hydroxylation is 1. The van der Waals surface area contributed by atoms with Crippen LogP contribution in [0.4, 0.5) is 13.6 Å². The van der Waals surface area contributed by atoms with E-state index in [9.17, 15) is 36.7 Å². The Balaban J connectivity index is 2.31. The maximum absolute atomic E-state index is 14.1. The van der Waals surface area contributed by atoms with Crippen molar-refractivity contribution in [3.63, 3.8) is 0 Å². The number of nitrogens with one attached hydrogen (secondary N) is 4.